The largest absolute Gasteiger partial charge is 0.383 e. The molecular weight excluding hydrogens is 365 g/mol. The van der Waals surface area contributed by atoms with E-state index in [1.165, 1.54) is 12.1 Å². The SMILES string of the molecule is NC1=NCN(c2ccc(NC(=O)Nc3ccccc3F)cc2)c2sccc21. The highest BCUT2D eigenvalue weighted by Gasteiger charge is 2.21. The minimum atomic E-state index is -0.510. The lowest BCUT2D eigenvalue weighted by atomic mass is 10.2. The third kappa shape index (κ3) is 3.47. The minimum Gasteiger partial charge on any atom is -0.383 e. The highest BCUT2D eigenvalue weighted by molar-refractivity contribution is 7.14. The maximum absolute atomic E-state index is 13.6. The molecule has 0 radical (unpaired) electrons. The van der Waals surface area contributed by atoms with Gasteiger partial charge in [0.25, 0.3) is 0 Å². The molecule has 1 aliphatic rings. The first-order valence-corrected chi connectivity index (χ1v) is 9.08. The molecule has 136 valence electrons. The number of amides is 2. The number of carbonyl (C=O) groups is 1. The molecule has 27 heavy (non-hydrogen) atoms. The van der Waals surface area contributed by atoms with Gasteiger partial charge >= 0.3 is 6.03 Å². The van der Waals surface area contributed by atoms with Crippen LogP contribution in [0.4, 0.5) is 31.2 Å². The second-order valence-electron chi connectivity index (χ2n) is 5.86. The molecule has 4 N–H and O–H groups in total. The topological polar surface area (TPSA) is 82.8 Å². The summed E-state index contributed by atoms with van der Waals surface area (Å²) in [5.41, 5.74) is 8.52. The average molecular weight is 381 g/mol. The van der Waals surface area contributed by atoms with Gasteiger partial charge in [-0.1, -0.05) is 12.1 Å². The van der Waals surface area contributed by atoms with Crippen LogP contribution in [-0.2, 0) is 0 Å². The van der Waals surface area contributed by atoms with Crippen molar-refractivity contribution in [2.24, 2.45) is 10.7 Å². The summed E-state index contributed by atoms with van der Waals surface area (Å²) in [6.07, 6.45) is 0. The fraction of sp³-hybridized carbons (Fsp3) is 0.0526. The summed E-state index contributed by atoms with van der Waals surface area (Å²) < 4.78 is 13.6. The van der Waals surface area contributed by atoms with Crippen molar-refractivity contribution in [1.82, 2.24) is 0 Å². The number of para-hydroxylation sites is 1. The van der Waals surface area contributed by atoms with Crippen LogP contribution in [0.15, 0.2) is 65.0 Å². The van der Waals surface area contributed by atoms with E-state index in [0.717, 1.165) is 16.3 Å². The summed E-state index contributed by atoms with van der Waals surface area (Å²) in [5.74, 6) is 0.0604. The molecule has 0 aliphatic carbocycles. The number of nitrogens with zero attached hydrogens (tertiary/aromatic N) is 2. The Labute approximate surface area is 159 Å². The zero-order chi connectivity index (χ0) is 18.8. The van der Waals surface area contributed by atoms with Crippen molar-refractivity contribution in [3.63, 3.8) is 0 Å². The van der Waals surface area contributed by atoms with E-state index in [-0.39, 0.29) is 5.69 Å². The molecule has 2 amide bonds. The van der Waals surface area contributed by atoms with Gasteiger partial charge in [0.05, 0.1) is 11.3 Å². The fourth-order valence-corrected chi connectivity index (χ4v) is 3.70. The number of hydrogen-bond acceptors (Lipinski definition) is 5. The van der Waals surface area contributed by atoms with E-state index in [2.05, 4.69) is 20.5 Å². The Morgan fingerprint density at radius 3 is 2.67 bits per heavy atom. The molecule has 0 bridgehead atoms. The molecule has 0 saturated heterocycles. The molecule has 1 aromatic heterocycles. The van der Waals surface area contributed by atoms with Gasteiger partial charge in [-0.3, -0.25) is 0 Å². The minimum absolute atomic E-state index is 0.126. The Kier molecular flexibility index (Phi) is 4.47. The number of nitrogens with one attached hydrogen (secondary N) is 2. The third-order valence-electron chi connectivity index (χ3n) is 4.11. The van der Waals surface area contributed by atoms with Crippen molar-refractivity contribution in [1.29, 1.82) is 0 Å². The number of hydrogen-bond donors (Lipinski definition) is 3. The second kappa shape index (κ2) is 7.08. The number of rotatable bonds is 3. The molecule has 0 saturated carbocycles. The van der Waals surface area contributed by atoms with E-state index in [9.17, 15) is 9.18 Å². The van der Waals surface area contributed by atoms with Crippen LogP contribution in [0.1, 0.15) is 5.56 Å². The first kappa shape index (κ1) is 17.0. The molecule has 2 heterocycles. The first-order valence-electron chi connectivity index (χ1n) is 8.20. The van der Waals surface area contributed by atoms with Crippen LogP contribution >= 0.6 is 11.3 Å². The lowest BCUT2D eigenvalue weighted by Gasteiger charge is -2.26. The molecule has 3 aromatic rings. The van der Waals surface area contributed by atoms with Gasteiger partial charge in [0.1, 0.15) is 23.3 Å². The molecule has 0 spiro atoms. The number of carbonyl (C=O) groups excluding carboxylic acids is 1. The van der Waals surface area contributed by atoms with Gasteiger partial charge in [-0.25, -0.2) is 14.2 Å². The van der Waals surface area contributed by atoms with Crippen molar-refractivity contribution < 1.29 is 9.18 Å². The van der Waals surface area contributed by atoms with E-state index in [0.29, 0.717) is 18.2 Å². The number of amidine groups is 1. The number of anilines is 4. The van der Waals surface area contributed by atoms with Crippen LogP contribution in [-0.4, -0.2) is 18.5 Å². The third-order valence-corrected chi connectivity index (χ3v) is 5.04. The van der Waals surface area contributed by atoms with Crippen LogP contribution in [0.3, 0.4) is 0 Å². The summed E-state index contributed by atoms with van der Waals surface area (Å²) in [7, 11) is 0. The predicted molar refractivity (Wildman–Crippen MR) is 108 cm³/mol. The number of aliphatic imine (C=N–C) groups is 1. The molecule has 8 heteroatoms. The molecule has 0 atom stereocenters. The monoisotopic (exact) mass is 381 g/mol. The zero-order valence-corrected chi connectivity index (χ0v) is 15.0. The summed E-state index contributed by atoms with van der Waals surface area (Å²) in [6.45, 7) is 0.444. The highest BCUT2D eigenvalue weighted by Crippen LogP contribution is 2.36. The van der Waals surface area contributed by atoms with Crippen molar-refractivity contribution in [3.8, 4) is 0 Å². The molecule has 1 aliphatic heterocycles. The molecule has 0 fully saturated rings. The summed E-state index contributed by atoms with van der Waals surface area (Å²) >= 11 is 1.60. The maximum atomic E-state index is 13.6. The van der Waals surface area contributed by atoms with Gasteiger partial charge in [-0.15, -0.1) is 11.3 Å². The number of benzene rings is 2. The quantitative estimate of drug-likeness (QED) is 0.631. The van der Waals surface area contributed by atoms with Gasteiger partial charge in [0.15, 0.2) is 0 Å². The van der Waals surface area contributed by atoms with Gasteiger partial charge < -0.3 is 21.3 Å². The Morgan fingerprint density at radius 2 is 1.89 bits per heavy atom. The Balaban J connectivity index is 1.46. The lowest BCUT2D eigenvalue weighted by Crippen LogP contribution is -2.27. The predicted octanol–water partition coefficient (Wildman–Crippen LogP) is 4.35. The number of halogens is 1. The van der Waals surface area contributed by atoms with Crippen LogP contribution in [0.5, 0.6) is 0 Å². The number of urea groups is 1. The van der Waals surface area contributed by atoms with Crippen LogP contribution in [0, 0.1) is 5.82 Å². The normalized spacial score (nSPS) is 12.9. The second-order valence-corrected chi connectivity index (χ2v) is 6.75. The van der Waals surface area contributed by atoms with E-state index < -0.39 is 11.8 Å². The van der Waals surface area contributed by atoms with E-state index in [4.69, 9.17) is 5.73 Å². The lowest BCUT2D eigenvalue weighted by molar-refractivity contribution is 0.262. The molecule has 0 unspecified atom stereocenters. The fourth-order valence-electron chi connectivity index (χ4n) is 2.77. The van der Waals surface area contributed by atoms with Crippen LogP contribution < -0.4 is 21.3 Å². The number of nitrogens with two attached hydrogens (primary N) is 1. The molecule has 6 nitrogen and oxygen atoms in total. The van der Waals surface area contributed by atoms with Crippen LogP contribution in [0.2, 0.25) is 0 Å². The zero-order valence-electron chi connectivity index (χ0n) is 14.1. The Bertz CT molecular complexity index is 1010. The Hall–Kier alpha value is -3.39. The van der Waals surface area contributed by atoms with Crippen LogP contribution in [0.25, 0.3) is 0 Å². The number of fused-ring (bicyclic) bond motifs is 1. The summed E-state index contributed by atoms with van der Waals surface area (Å²) in [4.78, 5) is 18.5. The molecule has 2 aromatic carbocycles. The van der Waals surface area contributed by atoms with Crippen molar-refractivity contribution >= 4 is 45.3 Å². The molecular formula is C19H16FN5OS. The summed E-state index contributed by atoms with van der Waals surface area (Å²) in [5, 5.41) is 8.20. The van der Waals surface area contributed by atoms with Gasteiger partial charge in [-0.05, 0) is 47.8 Å². The van der Waals surface area contributed by atoms with Crippen molar-refractivity contribution in [2.75, 3.05) is 22.2 Å². The highest BCUT2D eigenvalue weighted by atomic mass is 32.1. The van der Waals surface area contributed by atoms with E-state index in [1.807, 2.05) is 23.6 Å². The maximum Gasteiger partial charge on any atom is 0.323 e. The van der Waals surface area contributed by atoms with Gasteiger partial charge in [0.2, 0.25) is 0 Å². The number of thiophene rings is 1. The smallest absolute Gasteiger partial charge is 0.323 e. The summed E-state index contributed by atoms with van der Waals surface area (Å²) in [6, 6.07) is 14.8. The first-order chi connectivity index (χ1) is 13.1. The van der Waals surface area contributed by atoms with E-state index in [1.54, 1.807) is 35.6 Å². The Morgan fingerprint density at radius 1 is 1.11 bits per heavy atom. The standard InChI is InChI=1S/C19H16FN5OS/c20-15-3-1-2-4-16(15)24-19(26)23-12-5-7-13(8-6-12)25-11-22-17(21)14-9-10-27-18(14)25/h1-10H,11H2,(H2,21,22)(H2,23,24,26). The van der Waals surface area contributed by atoms with Gasteiger partial charge in [0, 0.05) is 11.4 Å². The van der Waals surface area contributed by atoms with E-state index >= 15 is 0 Å². The van der Waals surface area contributed by atoms with Crippen molar-refractivity contribution in [3.05, 3.63) is 71.4 Å². The molecule has 4 rings (SSSR count). The van der Waals surface area contributed by atoms with Crippen molar-refractivity contribution in [2.45, 2.75) is 0 Å². The average Bonchev–Trinajstić information content (AvgIpc) is 3.16. The van der Waals surface area contributed by atoms with Gasteiger partial charge in [-0.2, -0.15) is 0 Å².